The van der Waals surface area contributed by atoms with Gasteiger partial charge in [-0.2, -0.15) is 0 Å². The molecule has 2 aromatic carbocycles. The highest BCUT2D eigenvalue weighted by Gasteiger charge is 2.30. The molecule has 7 nitrogen and oxygen atoms in total. The molecule has 2 aromatic rings. The molecule has 0 heterocycles. The van der Waals surface area contributed by atoms with Gasteiger partial charge in [0.1, 0.15) is 11.5 Å². The molecule has 8 heteroatoms. The first-order chi connectivity index (χ1) is 11.9. The number of hydrogen-bond acceptors (Lipinski definition) is 5. The molecule has 0 radical (unpaired) electrons. The third-order valence-corrected chi connectivity index (χ3v) is 4.55. The molecule has 0 saturated heterocycles. The number of amides is 1. The number of nitrogens with zero attached hydrogens (tertiary/aromatic N) is 1. The minimum Gasteiger partial charge on any atom is -0.457 e. The molecule has 0 fully saturated rings. The van der Waals surface area contributed by atoms with Gasteiger partial charge in [0, 0.05) is 6.92 Å². The molecule has 2 N–H and O–H groups in total. The minimum absolute atomic E-state index is 0.0815. The van der Waals surface area contributed by atoms with Gasteiger partial charge < -0.3 is 9.63 Å². The molecule has 0 spiro atoms. The van der Waals surface area contributed by atoms with E-state index in [9.17, 15) is 19.5 Å². The van der Waals surface area contributed by atoms with E-state index in [1.54, 1.807) is 0 Å². The predicted molar refractivity (Wildman–Crippen MR) is 91.4 cm³/mol. The van der Waals surface area contributed by atoms with Crippen LogP contribution < -0.4 is 4.74 Å². The number of rotatable bonds is 8. The summed E-state index contributed by atoms with van der Waals surface area (Å²) in [6.07, 6.45) is 1.02. The molecule has 2 rings (SSSR count). The summed E-state index contributed by atoms with van der Waals surface area (Å²) >= 11 is 0. The summed E-state index contributed by atoms with van der Waals surface area (Å²) in [5.74, 6) is 0.462. The van der Waals surface area contributed by atoms with E-state index in [-0.39, 0.29) is 11.4 Å². The third-order valence-electron chi connectivity index (χ3n) is 3.27. The van der Waals surface area contributed by atoms with Crippen LogP contribution in [0.2, 0.25) is 0 Å². The zero-order chi connectivity index (χ0) is 18.3. The number of aryl methyl sites for hydroxylation is 1. The van der Waals surface area contributed by atoms with Crippen LogP contribution in [0.3, 0.4) is 0 Å². The Bertz CT molecular complexity index is 752. The normalized spacial score (nSPS) is 13.1. The van der Waals surface area contributed by atoms with Gasteiger partial charge in [-0.1, -0.05) is 30.3 Å². The lowest BCUT2D eigenvalue weighted by atomic mass is 10.1. The van der Waals surface area contributed by atoms with Gasteiger partial charge in [0.15, 0.2) is 0 Å². The summed E-state index contributed by atoms with van der Waals surface area (Å²) < 4.78 is 22.1. The number of ether oxygens (including phenoxy) is 1. The molecule has 0 saturated carbocycles. The van der Waals surface area contributed by atoms with Crippen molar-refractivity contribution in [1.82, 2.24) is 4.83 Å². The fourth-order valence-electron chi connectivity index (χ4n) is 2.08. The lowest BCUT2D eigenvalue weighted by molar-refractivity contribution is -0.147. The molecule has 1 unspecified atom stereocenters. The van der Waals surface area contributed by atoms with Crippen molar-refractivity contribution in [2.75, 3.05) is 6.61 Å². The second-order valence-electron chi connectivity index (χ2n) is 5.30. The Morgan fingerprint density at radius 2 is 1.80 bits per heavy atom. The molecule has 0 bridgehead atoms. The Morgan fingerprint density at radius 1 is 1.12 bits per heavy atom. The SMILES string of the molecule is CC(=O)N(O)P(=O)(O)OCCCc1cccc(Oc2ccccc2)c1. The maximum Gasteiger partial charge on any atom is 0.458 e. The van der Waals surface area contributed by atoms with Crippen molar-refractivity contribution in [3.05, 3.63) is 60.2 Å². The Kier molecular flexibility index (Phi) is 6.73. The van der Waals surface area contributed by atoms with Crippen LogP contribution in [0.5, 0.6) is 11.5 Å². The van der Waals surface area contributed by atoms with Gasteiger partial charge in [0.05, 0.1) is 6.61 Å². The van der Waals surface area contributed by atoms with Crippen LogP contribution in [-0.2, 0) is 20.3 Å². The van der Waals surface area contributed by atoms with Crippen molar-refractivity contribution in [2.45, 2.75) is 19.8 Å². The first-order valence-electron chi connectivity index (χ1n) is 7.68. The van der Waals surface area contributed by atoms with Crippen molar-refractivity contribution in [3.8, 4) is 11.5 Å². The lowest BCUT2D eigenvalue weighted by Gasteiger charge is -2.18. The number of carbonyl (C=O) groups is 1. The van der Waals surface area contributed by atoms with Crippen LogP contribution in [0.25, 0.3) is 0 Å². The monoisotopic (exact) mass is 365 g/mol. The van der Waals surface area contributed by atoms with Gasteiger partial charge in [0.25, 0.3) is 5.91 Å². The summed E-state index contributed by atoms with van der Waals surface area (Å²) in [6.45, 7) is 0.881. The molecule has 1 atom stereocenters. The first kappa shape index (κ1) is 19.1. The Morgan fingerprint density at radius 3 is 2.48 bits per heavy atom. The molecule has 0 aliphatic rings. The Hall–Kier alpha value is -2.18. The quantitative estimate of drug-likeness (QED) is 0.320. The first-order valence-corrected chi connectivity index (χ1v) is 9.21. The average molecular weight is 365 g/mol. The highest BCUT2D eigenvalue weighted by atomic mass is 31.2. The van der Waals surface area contributed by atoms with Crippen LogP contribution in [0, 0.1) is 0 Å². The number of hydroxylamine groups is 1. The van der Waals surface area contributed by atoms with Gasteiger partial charge in [0.2, 0.25) is 0 Å². The Balaban J connectivity index is 1.84. The van der Waals surface area contributed by atoms with Gasteiger partial charge in [-0.15, -0.1) is 4.83 Å². The van der Waals surface area contributed by atoms with Gasteiger partial charge in [-0.25, -0.2) is 4.57 Å². The van der Waals surface area contributed by atoms with Gasteiger partial charge in [-0.3, -0.25) is 14.5 Å². The number of carbonyl (C=O) groups excluding carboxylic acids is 1. The largest absolute Gasteiger partial charge is 0.458 e. The zero-order valence-electron chi connectivity index (χ0n) is 13.7. The average Bonchev–Trinajstić information content (AvgIpc) is 2.59. The fraction of sp³-hybridized carbons (Fsp3) is 0.235. The zero-order valence-corrected chi connectivity index (χ0v) is 14.6. The van der Waals surface area contributed by atoms with E-state index < -0.39 is 13.7 Å². The summed E-state index contributed by atoms with van der Waals surface area (Å²) in [6, 6.07) is 16.9. The fourth-order valence-corrected chi connectivity index (χ4v) is 2.91. The van der Waals surface area contributed by atoms with Crippen LogP contribution in [0.15, 0.2) is 54.6 Å². The predicted octanol–water partition coefficient (Wildman–Crippen LogP) is 3.77. The van der Waals surface area contributed by atoms with E-state index in [1.165, 1.54) is 0 Å². The smallest absolute Gasteiger partial charge is 0.457 e. The number of para-hydroxylation sites is 1. The molecule has 0 aliphatic heterocycles. The number of benzene rings is 2. The second kappa shape index (κ2) is 8.78. The summed E-state index contributed by atoms with van der Waals surface area (Å²) in [5.41, 5.74) is 0.970. The lowest BCUT2D eigenvalue weighted by Crippen LogP contribution is -2.22. The molecule has 134 valence electrons. The van der Waals surface area contributed by atoms with Crippen LogP contribution in [0.4, 0.5) is 0 Å². The van der Waals surface area contributed by atoms with E-state index in [0.29, 0.717) is 18.6 Å². The van der Waals surface area contributed by atoms with E-state index in [2.05, 4.69) is 0 Å². The standard InChI is InChI=1S/C17H20NO6P/c1-14(19)18(20)25(21,22)23-12-6-8-15-7-5-11-17(13-15)24-16-9-3-2-4-10-16/h2-5,7,9-11,13,20H,6,8,12H2,1H3,(H,21,22). The van der Waals surface area contributed by atoms with Crippen LogP contribution >= 0.6 is 7.75 Å². The van der Waals surface area contributed by atoms with Crippen molar-refractivity contribution >= 4 is 13.7 Å². The highest BCUT2D eigenvalue weighted by Crippen LogP contribution is 2.44. The van der Waals surface area contributed by atoms with Gasteiger partial charge in [-0.05, 0) is 42.7 Å². The summed E-state index contributed by atoms with van der Waals surface area (Å²) in [5, 5.41) is 9.18. The summed E-state index contributed by atoms with van der Waals surface area (Å²) in [4.78, 5) is 20.0. The molecule has 0 aliphatic carbocycles. The summed E-state index contributed by atoms with van der Waals surface area (Å²) in [7, 11) is -4.50. The van der Waals surface area contributed by atoms with Crippen molar-refractivity contribution in [2.24, 2.45) is 0 Å². The van der Waals surface area contributed by atoms with Gasteiger partial charge >= 0.3 is 7.75 Å². The number of hydrogen-bond donors (Lipinski definition) is 2. The molecular formula is C17H20NO6P. The van der Waals surface area contributed by atoms with E-state index >= 15 is 0 Å². The maximum atomic E-state index is 11.6. The maximum absolute atomic E-state index is 11.6. The van der Waals surface area contributed by atoms with E-state index in [0.717, 1.165) is 18.2 Å². The van der Waals surface area contributed by atoms with Crippen molar-refractivity contribution in [3.63, 3.8) is 0 Å². The molecule has 0 aromatic heterocycles. The highest BCUT2D eigenvalue weighted by molar-refractivity contribution is 7.50. The third kappa shape index (κ3) is 5.99. The molecule has 1 amide bonds. The molecular weight excluding hydrogens is 345 g/mol. The Labute approximate surface area is 146 Å². The second-order valence-corrected chi connectivity index (χ2v) is 6.92. The van der Waals surface area contributed by atoms with E-state index in [4.69, 9.17) is 9.26 Å². The van der Waals surface area contributed by atoms with Crippen molar-refractivity contribution in [1.29, 1.82) is 0 Å². The van der Waals surface area contributed by atoms with Crippen molar-refractivity contribution < 1.29 is 28.7 Å². The molecule has 25 heavy (non-hydrogen) atoms. The minimum atomic E-state index is -4.50. The van der Waals surface area contributed by atoms with E-state index in [1.807, 2.05) is 54.6 Å². The van der Waals surface area contributed by atoms with Crippen LogP contribution in [0.1, 0.15) is 18.9 Å². The van der Waals surface area contributed by atoms with Crippen LogP contribution in [-0.4, -0.2) is 27.4 Å². The topological polar surface area (TPSA) is 96.3 Å².